The number of aliphatic hydroxyl groups excluding tert-OH is 3. The first kappa shape index (κ1) is 69.7. The SMILES string of the molecule is CC/C=C\C/C=C\C/C=C\C/C=C\C/C=C\C/C=C\C/C=C\CCCCCCOCC(COC1OC(CO)C(O)C(OS(=O)(=O)O)C1O)OC(=O)CCCCCC/C=C\C/C=C\C/C=C\C/C=C\C/C=C\C/C=C\CC. The lowest BCUT2D eigenvalue weighted by Crippen LogP contribution is -2.60. The van der Waals surface area contributed by atoms with Crippen molar-refractivity contribution in [3.05, 3.63) is 158 Å². The van der Waals surface area contributed by atoms with Crippen LogP contribution in [0.5, 0.6) is 0 Å². The maximum Gasteiger partial charge on any atom is 0.397 e. The van der Waals surface area contributed by atoms with Gasteiger partial charge in [0.15, 0.2) is 6.29 Å². The maximum atomic E-state index is 13.0. The van der Waals surface area contributed by atoms with Crippen molar-refractivity contribution < 1.29 is 56.2 Å². The summed E-state index contributed by atoms with van der Waals surface area (Å²) in [7, 11) is -5.09. The smallest absolute Gasteiger partial charge is 0.397 e. The van der Waals surface area contributed by atoms with Crippen LogP contribution in [-0.2, 0) is 38.3 Å². The molecule has 1 rings (SSSR count). The van der Waals surface area contributed by atoms with Gasteiger partial charge in [-0.2, -0.15) is 8.42 Å². The number of hydrogen-bond donors (Lipinski definition) is 4. The van der Waals surface area contributed by atoms with Gasteiger partial charge >= 0.3 is 16.4 Å². The van der Waals surface area contributed by atoms with Gasteiger partial charge in [-0.25, -0.2) is 4.18 Å². The van der Waals surface area contributed by atoms with Crippen LogP contribution in [0.3, 0.4) is 0 Å². The quantitative estimate of drug-likeness (QED) is 0.0196. The fraction of sp³-hybridized carbons (Fsp3) is 0.571. The number of aliphatic hydroxyl groups is 3. The summed E-state index contributed by atoms with van der Waals surface area (Å²) in [6, 6.07) is 0. The van der Waals surface area contributed by atoms with Crippen LogP contribution in [-0.4, -0.2) is 97.5 Å². The molecule has 76 heavy (non-hydrogen) atoms. The van der Waals surface area contributed by atoms with Gasteiger partial charge in [0, 0.05) is 13.0 Å². The number of esters is 1. The van der Waals surface area contributed by atoms with Crippen molar-refractivity contribution in [3.63, 3.8) is 0 Å². The Balaban J connectivity index is 2.39. The monoisotopic (exact) mass is 1080 g/mol. The molecule has 12 nitrogen and oxygen atoms in total. The van der Waals surface area contributed by atoms with Crippen LogP contribution < -0.4 is 0 Å². The molecule has 13 heteroatoms. The van der Waals surface area contributed by atoms with E-state index in [0.717, 1.165) is 141 Å². The molecule has 0 radical (unpaired) electrons. The third-order valence-electron chi connectivity index (χ3n) is 11.6. The number of carbonyl (C=O) groups excluding carboxylic acids is 1. The number of hydrogen-bond acceptors (Lipinski definition) is 11. The van der Waals surface area contributed by atoms with E-state index in [1.807, 2.05) is 0 Å². The van der Waals surface area contributed by atoms with E-state index in [-0.39, 0.29) is 19.6 Å². The molecule has 0 bridgehead atoms. The highest BCUT2D eigenvalue weighted by atomic mass is 32.3. The molecule has 0 aromatic rings. The lowest BCUT2D eigenvalue weighted by Gasteiger charge is -2.41. The first-order chi connectivity index (χ1) is 37.1. The van der Waals surface area contributed by atoms with Gasteiger partial charge in [0.05, 0.1) is 19.8 Å². The van der Waals surface area contributed by atoms with Gasteiger partial charge in [0.1, 0.15) is 30.5 Å². The molecule has 1 aliphatic heterocycles. The van der Waals surface area contributed by atoms with E-state index in [0.29, 0.717) is 13.0 Å². The molecular formula is C63H98O12S. The highest BCUT2D eigenvalue weighted by Crippen LogP contribution is 2.26. The van der Waals surface area contributed by atoms with Gasteiger partial charge in [-0.15, -0.1) is 0 Å². The number of rotatable bonds is 47. The Hall–Kier alpha value is -4.28. The molecule has 1 aliphatic rings. The van der Waals surface area contributed by atoms with Crippen molar-refractivity contribution in [2.24, 2.45) is 0 Å². The summed E-state index contributed by atoms with van der Waals surface area (Å²) in [5, 5.41) is 30.8. The standard InChI is InChI=1S/C63H98O12S/c1-3-5-7-9-11-13-15-17-19-21-23-25-27-28-29-31-33-35-37-39-41-43-45-47-49-51-53-71-55-57(56-72-63-61(67)62(75-76(68,69)70)60(66)58(54-64)74-63)73-59(65)52-50-48-46-44-42-40-38-36-34-32-30-26-24-22-20-18-16-14-12-10-8-6-4-2/h5-8,11-14,17-20,23-26,28-29,32-35,38-41,57-58,60-64,66-67H,3-4,9-10,15-16,21-22,27,30-31,36-37,42-56H2,1-2H3,(H,68,69,70)/b7-5-,8-6-,13-11-,14-12-,19-17-,20-18-,25-23-,26-24-,29-28-,34-32-,35-33-,40-38-,41-39-. The Labute approximate surface area is 459 Å². The van der Waals surface area contributed by atoms with Gasteiger partial charge in [-0.3, -0.25) is 9.35 Å². The van der Waals surface area contributed by atoms with E-state index in [9.17, 15) is 33.1 Å². The lowest BCUT2D eigenvalue weighted by atomic mass is 9.99. The van der Waals surface area contributed by atoms with E-state index in [1.165, 1.54) is 0 Å². The Morgan fingerprint density at radius 2 is 0.868 bits per heavy atom. The van der Waals surface area contributed by atoms with E-state index >= 15 is 0 Å². The van der Waals surface area contributed by atoms with Gasteiger partial charge in [0.25, 0.3) is 0 Å². The average Bonchev–Trinajstić information content (AvgIpc) is 3.40. The molecule has 0 amide bonds. The third kappa shape index (κ3) is 43.8. The van der Waals surface area contributed by atoms with Gasteiger partial charge in [-0.1, -0.05) is 198 Å². The normalized spacial score (nSPS) is 19.8. The van der Waals surface area contributed by atoms with Gasteiger partial charge in [-0.05, 0) is 122 Å². The molecule has 4 N–H and O–H groups in total. The fourth-order valence-corrected chi connectivity index (χ4v) is 7.99. The lowest BCUT2D eigenvalue weighted by molar-refractivity contribution is -0.301. The summed E-state index contributed by atoms with van der Waals surface area (Å²) in [5.74, 6) is -0.440. The van der Waals surface area contributed by atoms with Crippen LogP contribution in [0.1, 0.15) is 168 Å². The molecule has 0 saturated carbocycles. The Morgan fingerprint density at radius 3 is 1.25 bits per heavy atom. The average molecular weight is 1080 g/mol. The molecular weight excluding hydrogens is 981 g/mol. The molecule has 0 spiro atoms. The van der Waals surface area contributed by atoms with Crippen molar-refractivity contribution in [1.29, 1.82) is 0 Å². The second kappa shape index (κ2) is 51.5. The highest BCUT2D eigenvalue weighted by molar-refractivity contribution is 7.80. The Bertz CT molecular complexity index is 1920. The summed E-state index contributed by atoms with van der Waals surface area (Å²) >= 11 is 0. The van der Waals surface area contributed by atoms with E-state index in [2.05, 4.69) is 176 Å². The second-order valence-electron chi connectivity index (χ2n) is 18.4. The number of unbranched alkanes of at least 4 members (excludes halogenated alkanes) is 8. The summed E-state index contributed by atoms with van der Waals surface area (Å²) in [4.78, 5) is 13.0. The summed E-state index contributed by atoms with van der Waals surface area (Å²) in [6.45, 7) is 3.64. The molecule has 0 aromatic heterocycles. The Morgan fingerprint density at radius 1 is 0.500 bits per heavy atom. The summed E-state index contributed by atoms with van der Waals surface area (Å²) in [5.41, 5.74) is 0. The minimum absolute atomic E-state index is 0.00511. The van der Waals surface area contributed by atoms with E-state index in [1.54, 1.807) is 0 Å². The molecule has 6 atom stereocenters. The molecule has 1 fully saturated rings. The molecule has 428 valence electrons. The number of allylic oxidation sites excluding steroid dienone is 26. The van der Waals surface area contributed by atoms with Crippen LogP contribution in [0.25, 0.3) is 0 Å². The molecule has 1 heterocycles. The predicted molar refractivity (Wildman–Crippen MR) is 312 cm³/mol. The first-order valence-electron chi connectivity index (χ1n) is 28.2. The molecule has 0 aliphatic carbocycles. The van der Waals surface area contributed by atoms with Crippen molar-refractivity contribution in [2.75, 3.05) is 26.4 Å². The van der Waals surface area contributed by atoms with Crippen molar-refractivity contribution in [2.45, 2.75) is 205 Å². The zero-order valence-corrected chi connectivity index (χ0v) is 47.1. The summed E-state index contributed by atoms with van der Waals surface area (Å²) in [6.07, 6.45) is 69.8. The minimum Gasteiger partial charge on any atom is -0.457 e. The van der Waals surface area contributed by atoms with Gasteiger partial charge in [0.2, 0.25) is 0 Å². The maximum absolute atomic E-state index is 13.0. The van der Waals surface area contributed by atoms with Crippen LogP contribution >= 0.6 is 0 Å². The minimum atomic E-state index is -5.09. The van der Waals surface area contributed by atoms with Crippen LogP contribution in [0.15, 0.2) is 158 Å². The van der Waals surface area contributed by atoms with Crippen molar-refractivity contribution in [1.82, 2.24) is 0 Å². The number of carbonyl (C=O) groups is 1. The van der Waals surface area contributed by atoms with Crippen LogP contribution in [0.4, 0.5) is 0 Å². The molecule has 1 saturated heterocycles. The third-order valence-corrected chi connectivity index (χ3v) is 12.1. The zero-order chi connectivity index (χ0) is 55.3. The summed E-state index contributed by atoms with van der Waals surface area (Å²) < 4.78 is 59.3. The van der Waals surface area contributed by atoms with E-state index < -0.39 is 59.8 Å². The van der Waals surface area contributed by atoms with Crippen molar-refractivity contribution >= 4 is 16.4 Å². The molecule has 0 aromatic carbocycles. The topological polar surface area (TPSA) is 178 Å². The predicted octanol–water partition coefficient (Wildman–Crippen LogP) is 14.2. The van der Waals surface area contributed by atoms with Gasteiger partial charge < -0.3 is 34.3 Å². The zero-order valence-electron chi connectivity index (χ0n) is 46.2. The van der Waals surface area contributed by atoms with Crippen LogP contribution in [0, 0.1) is 0 Å². The first-order valence-corrected chi connectivity index (χ1v) is 29.6. The van der Waals surface area contributed by atoms with Crippen molar-refractivity contribution in [3.8, 4) is 0 Å². The second-order valence-corrected chi connectivity index (χ2v) is 19.5. The largest absolute Gasteiger partial charge is 0.457 e. The van der Waals surface area contributed by atoms with Crippen LogP contribution in [0.2, 0.25) is 0 Å². The fourth-order valence-electron chi connectivity index (χ4n) is 7.48. The highest BCUT2D eigenvalue weighted by Gasteiger charge is 2.48. The molecule has 6 unspecified atom stereocenters. The number of ether oxygens (including phenoxy) is 4. The van der Waals surface area contributed by atoms with E-state index in [4.69, 9.17) is 18.9 Å². The Kier molecular flexibility index (Phi) is 47.2.